The SMILES string of the molecule is CCCC[n+]1cc(N2CCc3c(ncn3C(CN)c3ccc(F)cc3C(F)(F)F)C2)c(Cl)c(=O)[nH]1. The molecule has 3 aromatic rings. The Balaban J connectivity index is 1.67. The molecule has 1 aromatic carbocycles. The van der Waals surface area contributed by atoms with Crippen LogP contribution in [0.1, 0.15) is 48.3 Å². The molecule has 188 valence electrons. The second-order valence-electron chi connectivity index (χ2n) is 8.51. The van der Waals surface area contributed by atoms with Gasteiger partial charge in [0, 0.05) is 31.6 Å². The van der Waals surface area contributed by atoms with Gasteiger partial charge in [0.2, 0.25) is 6.20 Å². The van der Waals surface area contributed by atoms with Gasteiger partial charge in [-0.1, -0.05) is 31.0 Å². The minimum absolute atomic E-state index is 0.0709. The van der Waals surface area contributed by atoms with Gasteiger partial charge in [-0.3, -0.25) is 4.79 Å². The zero-order valence-electron chi connectivity index (χ0n) is 19.1. The molecule has 1 unspecified atom stereocenters. The van der Waals surface area contributed by atoms with Gasteiger partial charge in [0.05, 0.1) is 30.2 Å². The molecule has 7 nitrogen and oxygen atoms in total. The molecular weight excluding hydrogens is 488 g/mol. The quantitative estimate of drug-likeness (QED) is 0.374. The fourth-order valence-electron chi connectivity index (χ4n) is 4.46. The lowest BCUT2D eigenvalue weighted by Crippen LogP contribution is -2.45. The van der Waals surface area contributed by atoms with E-state index >= 15 is 0 Å². The number of halogens is 5. The van der Waals surface area contributed by atoms with E-state index < -0.39 is 29.2 Å². The standard InChI is InChI=1S/C23H25ClF4N6O/c1-2-3-7-33-12-20(21(24)22(35)31-33)32-8-6-18-17(11-32)30-13-34(18)19(10-29)15-5-4-14(25)9-16(15)23(26,27)28/h4-5,9,12-13,19H,2-3,6-8,10-11,29H2,1H3/p+1. The Morgan fingerprint density at radius 3 is 2.80 bits per heavy atom. The molecular formula is C23H26ClF4N6O+. The molecule has 0 bridgehead atoms. The normalized spacial score (nSPS) is 14.8. The number of nitrogens with zero attached hydrogens (tertiary/aromatic N) is 4. The number of aryl methyl sites for hydroxylation is 1. The molecule has 0 fully saturated rings. The first kappa shape index (κ1) is 25.2. The van der Waals surface area contributed by atoms with Gasteiger partial charge in [-0.25, -0.2) is 9.37 Å². The molecule has 0 spiro atoms. The zero-order valence-corrected chi connectivity index (χ0v) is 19.8. The van der Waals surface area contributed by atoms with E-state index in [4.69, 9.17) is 17.3 Å². The van der Waals surface area contributed by atoms with Gasteiger partial charge in [0.15, 0.2) is 6.54 Å². The number of hydrogen-bond donors (Lipinski definition) is 2. The molecule has 0 saturated carbocycles. The summed E-state index contributed by atoms with van der Waals surface area (Å²) in [6.45, 7) is 3.37. The molecule has 0 aliphatic carbocycles. The van der Waals surface area contributed by atoms with E-state index in [1.165, 1.54) is 6.33 Å². The number of rotatable bonds is 7. The maximum absolute atomic E-state index is 13.6. The largest absolute Gasteiger partial charge is 0.416 e. The van der Waals surface area contributed by atoms with Crippen molar-refractivity contribution in [3.8, 4) is 0 Å². The van der Waals surface area contributed by atoms with Crippen molar-refractivity contribution in [2.24, 2.45) is 5.73 Å². The highest BCUT2D eigenvalue weighted by molar-refractivity contribution is 6.32. The number of nitrogens with one attached hydrogen (secondary N) is 1. The minimum Gasteiger partial charge on any atom is -0.359 e. The number of anilines is 1. The predicted molar refractivity (Wildman–Crippen MR) is 123 cm³/mol. The maximum atomic E-state index is 13.6. The molecule has 3 heterocycles. The summed E-state index contributed by atoms with van der Waals surface area (Å²) in [6, 6.07) is 1.75. The van der Waals surface area contributed by atoms with Crippen LogP contribution >= 0.6 is 11.6 Å². The molecule has 1 atom stereocenters. The summed E-state index contributed by atoms with van der Waals surface area (Å²) in [7, 11) is 0. The zero-order chi connectivity index (χ0) is 25.3. The van der Waals surface area contributed by atoms with Crippen LogP contribution in [-0.2, 0) is 25.7 Å². The fraction of sp³-hybridized carbons (Fsp3) is 0.435. The molecule has 0 radical (unpaired) electrons. The molecule has 0 saturated heterocycles. The number of fused-ring (bicyclic) bond motifs is 1. The average Bonchev–Trinajstić information content (AvgIpc) is 3.23. The van der Waals surface area contributed by atoms with Crippen LogP contribution in [0.3, 0.4) is 0 Å². The number of H-pyrrole nitrogens is 1. The smallest absolute Gasteiger partial charge is 0.359 e. The fourth-order valence-corrected chi connectivity index (χ4v) is 4.67. The van der Waals surface area contributed by atoms with Crippen molar-refractivity contribution in [2.45, 2.75) is 51.5 Å². The lowest BCUT2D eigenvalue weighted by molar-refractivity contribution is -0.754. The first-order valence-corrected chi connectivity index (χ1v) is 11.7. The van der Waals surface area contributed by atoms with Crippen LogP contribution in [0.25, 0.3) is 0 Å². The highest BCUT2D eigenvalue weighted by atomic mass is 35.5. The predicted octanol–water partition coefficient (Wildman–Crippen LogP) is 3.58. The highest BCUT2D eigenvalue weighted by Gasteiger charge is 2.37. The minimum atomic E-state index is -4.73. The highest BCUT2D eigenvalue weighted by Crippen LogP contribution is 2.37. The summed E-state index contributed by atoms with van der Waals surface area (Å²) < 4.78 is 57.9. The van der Waals surface area contributed by atoms with Crippen molar-refractivity contribution < 1.29 is 22.2 Å². The average molecular weight is 514 g/mol. The van der Waals surface area contributed by atoms with Gasteiger partial charge in [-0.15, -0.1) is 9.78 Å². The first-order valence-electron chi connectivity index (χ1n) is 11.3. The lowest BCUT2D eigenvalue weighted by Gasteiger charge is -2.30. The summed E-state index contributed by atoms with van der Waals surface area (Å²) in [6.07, 6.45) is 0.831. The van der Waals surface area contributed by atoms with Crippen LogP contribution in [0, 0.1) is 5.82 Å². The van der Waals surface area contributed by atoms with Gasteiger partial charge < -0.3 is 15.2 Å². The Morgan fingerprint density at radius 2 is 2.11 bits per heavy atom. The summed E-state index contributed by atoms with van der Waals surface area (Å²) in [5, 5.41) is 2.80. The second kappa shape index (κ2) is 9.98. The van der Waals surface area contributed by atoms with E-state index in [2.05, 4.69) is 17.0 Å². The number of imidazole rings is 1. The molecule has 1 aliphatic rings. The van der Waals surface area contributed by atoms with E-state index in [0.717, 1.165) is 30.7 Å². The van der Waals surface area contributed by atoms with E-state index in [0.29, 0.717) is 43.5 Å². The van der Waals surface area contributed by atoms with Crippen LogP contribution in [0.2, 0.25) is 5.02 Å². The lowest BCUT2D eigenvalue weighted by atomic mass is 9.98. The van der Waals surface area contributed by atoms with Gasteiger partial charge in [0.1, 0.15) is 16.5 Å². The van der Waals surface area contributed by atoms with Crippen molar-refractivity contribution in [3.63, 3.8) is 0 Å². The summed E-state index contributed by atoms with van der Waals surface area (Å²) in [5.41, 5.74) is 6.32. The monoisotopic (exact) mass is 513 g/mol. The summed E-state index contributed by atoms with van der Waals surface area (Å²) in [4.78, 5) is 18.7. The number of aromatic nitrogens is 4. The Morgan fingerprint density at radius 1 is 1.34 bits per heavy atom. The number of aromatic amines is 1. The summed E-state index contributed by atoms with van der Waals surface area (Å²) >= 11 is 6.31. The third kappa shape index (κ3) is 5.06. The van der Waals surface area contributed by atoms with Crippen LogP contribution in [0.5, 0.6) is 0 Å². The van der Waals surface area contributed by atoms with Crippen LogP contribution in [-0.4, -0.2) is 27.7 Å². The van der Waals surface area contributed by atoms with E-state index in [-0.39, 0.29) is 17.1 Å². The van der Waals surface area contributed by atoms with Crippen molar-refractivity contribution in [1.29, 1.82) is 0 Å². The Labute approximate surface area is 204 Å². The number of hydrogen-bond acceptors (Lipinski definition) is 4. The van der Waals surface area contributed by atoms with Crippen molar-refractivity contribution in [1.82, 2.24) is 14.6 Å². The summed E-state index contributed by atoms with van der Waals surface area (Å²) in [5.74, 6) is -0.967. The van der Waals surface area contributed by atoms with E-state index in [1.54, 1.807) is 15.4 Å². The van der Waals surface area contributed by atoms with Gasteiger partial charge >= 0.3 is 11.7 Å². The van der Waals surface area contributed by atoms with E-state index in [9.17, 15) is 22.4 Å². The topological polar surface area (TPSA) is 83.8 Å². The molecule has 12 heteroatoms. The maximum Gasteiger partial charge on any atom is 0.416 e. The van der Waals surface area contributed by atoms with Crippen molar-refractivity contribution >= 4 is 17.3 Å². The Bertz CT molecular complexity index is 1270. The number of unbranched alkanes of at least 4 members (excludes halogenated alkanes) is 1. The van der Waals surface area contributed by atoms with Crippen LogP contribution < -0.4 is 20.9 Å². The van der Waals surface area contributed by atoms with Gasteiger partial charge in [0.25, 0.3) is 0 Å². The second-order valence-corrected chi connectivity index (χ2v) is 8.89. The third-order valence-electron chi connectivity index (χ3n) is 6.22. The number of benzene rings is 1. The van der Waals surface area contributed by atoms with Crippen LogP contribution in [0.15, 0.2) is 35.5 Å². The molecule has 4 rings (SSSR count). The van der Waals surface area contributed by atoms with Crippen LogP contribution in [0.4, 0.5) is 23.2 Å². The van der Waals surface area contributed by atoms with Crippen molar-refractivity contribution in [3.05, 3.63) is 74.4 Å². The van der Waals surface area contributed by atoms with Gasteiger partial charge in [-0.05, 0) is 17.7 Å². The molecule has 2 aromatic heterocycles. The Kier molecular flexibility index (Phi) is 7.18. The number of nitrogens with two attached hydrogens (primary N) is 1. The molecule has 35 heavy (non-hydrogen) atoms. The molecule has 3 N–H and O–H groups in total. The number of alkyl halides is 3. The Hall–Kier alpha value is -2.92. The molecule has 0 amide bonds. The first-order chi connectivity index (χ1) is 16.6. The van der Waals surface area contributed by atoms with E-state index in [1.807, 2.05) is 4.90 Å². The van der Waals surface area contributed by atoms with Gasteiger partial charge in [-0.2, -0.15) is 13.2 Å². The van der Waals surface area contributed by atoms with Crippen molar-refractivity contribution in [2.75, 3.05) is 18.0 Å². The molecule has 1 aliphatic heterocycles. The third-order valence-corrected chi connectivity index (χ3v) is 6.59.